The molecule has 0 amide bonds. The van der Waals surface area contributed by atoms with Crippen molar-refractivity contribution in [2.24, 2.45) is 0 Å². The molecule has 0 bridgehead atoms. The van der Waals surface area contributed by atoms with Crippen molar-refractivity contribution in [3.8, 4) is 5.75 Å². The van der Waals surface area contributed by atoms with Crippen LogP contribution in [0.5, 0.6) is 5.75 Å². The van der Waals surface area contributed by atoms with E-state index in [9.17, 15) is 8.78 Å². The molecule has 0 spiro atoms. The molecular weight excluding hydrogens is 272 g/mol. The standard InChI is InChI=1S/C17H19F2NO/c1-12-6-5-8-14(13(12)2)10-20-11-15-7-3-4-9-16(15)21-17(18)19/h3-9,17,20H,10-11H2,1-2H3. The van der Waals surface area contributed by atoms with Gasteiger partial charge in [0.1, 0.15) is 5.75 Å². The van der Waals surface area contributed by atoms with E-state index in [1.165, 1.54) is 16.7 Å². The van der Waals surface area contributed by atoms with E-state index in [0.29, 0.717) is 13.1 Å². The molecule has 0 aliphatic carbocycles. The van der Waals surface area contributed by atoms with Gasteiger partial charge in [-0.3, -0.25) is 0 Å². The molecule has 0 aliphatic heterocycles. The molecule has 0 radical (unpaired) electrons. The Morgan fingerprint density at radius 1 is 0.952 bits per heavy atom. The first-order valence-electron chi connectivity index (χ1n) is 6.86. The van der Waals surface area contributed by atoms with Gasteiger partial charge in [-0.1, -0.05) is 36.4 Å². The molecule has 1 N–H and O–H groups in total. The summed E-state index contributed by atoms with van der Waals surface area (Å²) in [6.07, 6.45) is 0. The number of halogens is 2. The maximum Gasteiger partial charge on any atom is 0.387 e. The Kier molecular flexibility index (Phi) is 5.28. The zero-order valence-electron chi connectivity index (χ0n) is 12.2. The Balaban J connectivity index is 1.99. The summed E-state index contributed by atoms with van der Waals surface area (Å²) in [7, 11) is 0. The molecule has 0 aromatic heterocycles. The second kappa shape index (κ2) is 7.18. The molecule has 0 atom stereocenters. The van der Waals surface area contributed by atoms with Crippen LogP contribution >= 0.6 is 0 Å². The van der Waals surface area contributed by atoms with E-state index in [1.807, 2.05) is 12.1 Å². The van der Waals surface area contributed by atoms with Gasteiger partial charge in [-0.2, -0.15) is 8.78 Å². The predicted molar refractivity (Wildman–Crippen MR) is 79.5 cm³/mol. The van der Waals surface area contributed by atoms with Crippen molar-refractivity contribution in [2.75, 3.05) is 0 Å². The molecule has 2 aromatic rings. The highest BCUT2D eigenvalue weighted by molar-refractivity contribution is 5.34. The van der Waals surface area contributed by atoms with E-state index in [1.54, 1.807) is 18.2 Å². The molecule has 0 unspecified atom stereocenters. The van der Waals surface area contributed by atoms with Gasteiger partial charge in [-0.05, 0) is 36.6 Å². The molecule has 2 nitrogen and oxygen atoms in total. The van der Waals surface area contributed by atoms with Crippen LogP contribution in [0.25, 0.3) is 0 Å². The zero-order chi connectivity index (χ0) is 15.2. The third-order valence-electron chi connectivity index (χ3n) is 3.54. The van der Waals surface area contributed by atoms with Gasteiger partial charge >= 0.3 is 6.61 Å². The average molecular weight is 291 g/mol. The fourth-order valence-electron chi connectivity index (χ4n) is 2.20. The molecule has 0 saturated heterocycles. The summed E-state index contributed by atoms with van der Waals surface area (Å²) in [5.41, 5.74) is 4.43. The number of para-hydroxylation sites is 1. The van der Waals surface area contributed by atoms with Gasteiger partial charge in [0.15, 0.2) is 0 Å². The Morgan fingerprint density at radius 3 is 2.38 bits per heavy atom. The van der Waals surface area contributed by atoms with Crippen molar-refractivity contribution in [1.82, 2.24) is 5.32 Å². The van der Waals surface area contributed by atoms with Gasteiger partial charge in [-0.15, -0.1) is 0 Å². The third kappa shape index (κ3) is 4.26. The van der Waals surface area contributed by atoms with E-state index in [-0.39, 0.29) is 5.75 Å². The van der Waals surface area contributed by atoms with Crippen LogP contribution in [0.1, 0.15) is 22.3 Å². The van der Waals surface area contributed by atoms with E-state index in [4.69, 9.17) is 0 Å². The summed E-state index contributed by atoms with van der Waals surface area (Å²) in [6, 6.07) is 13.0. The number of rotatable bonds is 6. The monoisotopic (exact) mass is 291 g/mol. The van der Waals surface area contributed by atoms with Crippen LogP contribution < -0.4 is 10.1 Å². The van der Waals surface area contributed by atoms with Crippen molar-refractivity contribution >= 4 is 0 Å². The quantitative estimate of drug-likeness (QED) is 0.861. The van der Waals surface area contributed by atoms with Crippen LogP contribution in [0.3, 0.4) is 0 Å². The van der Waals surface area contributed by atoms with Gasteiger partial charge in [0.25, 0.3) is 0 Å². The Labute approximate surface area is 123 Å². The lowest BCUT2D eigenvalue weighted by atomic mass is 10.0. The van der Waals surface area contributed by atoms with E-state index in [0.717, 1.165) is 5.56 Å². The van der Waals surface area contributed by atoms with Crippen LogP contribution in [0.4, 0.5) is 8.78 Å². The summed E-state index contributed by atoms with van der Waals surface area (Å²) in [6.45, 7) is 2.53. The Hall–Kier alpha value is -1.94. The van der Waals surface area contributed by atoms with E-state index >= 15 is 0 Å². The number of ether oxygens (including phenoxy) is 1. The molecule has 0 saturated carbocycles. The largest absolute Gasteiger partial charge is 0.434 e. The first-order chi connectivity index (χ1) is 10.1. The van der Waals surface area contributed by atoms with Gasteiger partial charge in [0, 0.05) is 18.7 Å². The van der Waals surface area contributed by atoms with Crippen LogP contribution in [0.2, 0.25) is 0 Å². The summed E-state index contributed by atoms with van der Waals surface area (Å²) in [5, 5.41) is 3.27. The third-order valence-corrected chi connectivity index (χ3v) is 3.54. The molecular formula is C17H19F2NO. The molecule has 0 fully saturated rings. The minimum absolute atomic E-state index is 0.223. The maximum absolute atomic E-state index is 12.3. The number of hydrogen-bond acceptors (Lipinski definition) is 2. The van der Waals surface area contributed by atoms with Gasteiger partial charge < -0.3 is 10.1 Å². The van der Waals surface area contributed by atoms with Crippen molar-refractivity contribution in [3.63, 3.8) is 0 Å². The second-order valence-corrected chi connectivity index (χ2v) is 4.95. The first-order valence-corrected chi connectivity index (χ1v) is 6.86. The molecule has 4 heteroatoms. The minimum atomic E-state index is -2.80. The summed E-state index contributed by atoms with van der Waals surface area (Å²) >= 11 is 0. The van der Waals surface area contributed by atoms with Gasteiger partial charge in [-0.25, -0.2) is 0 Å². The Morgan fingerprint density at radius 2 is 1.62 bits per heavy atom. The number of aryl methyl sites for hydroxylation is 1. The molecule has 112 valence electrons. The SMILES string of the molecule is Cc1cccc(CNCc2ccccc2OC(F)F)c1C. The molecule has 21 heavy (non-hydrogen) atoms. The van der Waals surface area contributed by atoms with Crippen molar-refractivity contribution < 1.29 is 13.5 Å². The summed E-state index contributed by atoms with van der Waals surface area (Å²) < 4.78 is 29.2. The Bertz CT molecular complexity index is 599. The highest BCUT2D eigenvalue weighted by atomic mass is 19.3. The maximum atomic E-state index is 12.3. The van der Waals surface area contributed by atoms with E-state index < -0.39 is 6.61 Å². The zero-order valence-corrected chi connectivity index (χ0v) is 12.2. The average Bonchev–Trinajstić information content (AvgIpc) is 2.45. The fourth-order valence-corrected chi connectivity index (χ4v) is 2.20. The lowest BCUT2D eigenvalue weighted by molar-refractivity contribution is -0.0505. The summed E-state index contributed by atoms with van der Waals surface area (Å²) in [4.78, 5) is 0. The smallest absolute Gasteiger partial charge is 0.387 e. The lowest BCUT2D eigenvalue weighted by Gasteiger charge is -2.13. The number of nitrogens with one attached hydrogen (secondary N) is 1. The molecule has 0 aliphatic rings. The second-order valence-electron chi connectivity index (χ2n) is 4.95. The number of hydrogen-bond donors (Lipinski definition) is 1. The predicted octanol–water partition coefficient (Wildman–Crippen LogP) is 4.19. The number of benzene rings is 2. The van der Waals surface area contributed by atoms with Crippen LogP contribution in [-0.2, 0) is 13.1 Å². The minimum Gasteiger partial charge on any atom is -0.434 e. The van der Waals surface area contributed by atoms with Crippen molar-refractivity contribution in [3.05, 3.63) is 64.7 Å². The topological polar surface area (TPSA) is 21.3 Å². The van der Waals surface area contributed by atoms with Crippen LogP contribution in [-0.4, -0.2) is 6.61 Å². The normalized spacial score (nSPS) is 10.9. The highest BCUT2D eigenvalue weighted by Crippen LogP contribution is 2.20. The van der Waals surface area contributed by atoms with Gasteiger partial charge in [0.2, 0.25) is 0 Å². The lowest BCUT2D eigenvalue weighted by Crippen LogP contribution is -2.15. The summed E-state index contributed by atoms with van der Waals surface area (Å²) in [5.74, 6) is 0.223. The van der Waals surface area contributed by atoms with E-state index in [2.05, 4.69) is 36.0 Å². The first kappa shape index (κ1) is 15.4. The molecule has 2 rings (SSSR count). The highest BCUT2D eigenvalue weighted by Gasteiger charge is 2.08. The number of alkyl halides is 2. The van der Waals surface area contributed by atoms with Crippen molar-refractivity contribution in [1.29, 1.82) is 0 Å². The van der Waals surface area contributed by atoms with Crippen molar-refractivity contribution in [2.45, 2.75) is 33.5 Å². The molecule has 2 aromatic carbocycles. The van der Waals surface area contributed by atoms with Crippen LogP contribution in [0, 0.1) is 13.8 Å². The fraction of sp³-hybridized carbons (Fsp3) is 0.294. The molecule has 0 heterocycles. The van der Waals surface area contributed by atoms with Gasteiger partial charge in [0.05, 0.1) is 0 Å². The van der Waals surface area contributed by atoms with Crippen LogP contribution in [0.15, 0.2) is 42.5 Å².